The third-order valence-corrected chi connectivity index (χ3v) is 4.22. The molecule has 0 N–H and O–H groups in total. The number of aromatic nitrogens is 2. The van der Waals surface area contributed by atoms with Crippen molar-refractivity contribution in [3.8, 4) is 11.3 Å². The molecule has 0 aliphatic rings. The highest BCUT2D eigenvalue weighted by Crippen LogP contribution is 2.23. The highest BCUT2D eigenvalue weighted by molar-refractivity contribution is 9.10. The number of halogens is 1. The zero-order valence-electron chi connectivity index (χ0n) is 15.5. The molecule has 0 fully saturated rings. The van der Waals surface area contributed by atoms with E-state index in [0.717, 1.165) is 15.6 Å². The summed E-state index contributed by atoms with van der Waals surface area (Å²) in [4.78, 5) is 12.6. The smallest absolute Gasteiger partial charge is 0.435 e. The van der Waals surface area contributed by atoms with Gasteiger partial charge in [-0.3, -0.25) is 0 Å². The second-order valence-electron chi connectivity index (χ2n) is 7.10. The number of nitrogens with zero attached hydrogens (tertiary/aromatic N) is 2. The Labute approximate surface area is 167 Å². The molecular formula is C22H21BrN2O2. The van der Waals surface area contributed by atoms with Gasteiger partial charge in [0, 0.05) is 10.0 Å². The average Bonchev–Trinajstić information content (AvgIpc) is 3.04. The maximum atomic E-state index is 12.6. The van der Waals surface area contributed by atoms with Crippen LogP contribution < -0.4 is 0 Å². The van der Waals surface area contributed by atoms with Gasteiger partial charge in [0.25, 0.3) is 0 Å². The summed E-state index contributed by atoms with van der Waals surface area (Å²) in [5.74, 6) is 0. The van der Waals surface area contributed by atoms with Gasteiger partial charge in [-0.25, -0.2) is 4.79 Å². The van der Waals surface area contributed by atoms with E-state index in [2.05, 4.69) is 21.0 Å². The summed E-state index contributed by atoms with van der Waals surface area (Å²) in [5, 5.41) is 4.48. The van der Waals surface area contributed by atoms with Crippen molar-refractivity contribution in [2.75, 3.05) is 0 Å². The van der Waals surface area contributed by atoms with Crippen LogP contribution in [0.5, 0.6) is 0 Å². The molecule has 0 bridgehead atoms. The molecule has 3 rings (SSSR count). The Morgan fingerprint density at radius 3 is 2.33 bits per heavy atom. The van der Waals surface area contributed by atoms with E-state index < -0.39 is 11.7 Å². The van der Waals surface area contributed by atoms with Gasteiger partial charge in [0.1, 0.15) is 5.60 Å². The lowest BCUT2D eigenvalue weighted by Gasteiger charge is -2.19. The minimum atomic E-state index is -0.596. The molecule has 0 spiro atoms. The standard InChI is InChI=1S/C22H21BrN2O2/c1-22(2,3)27-21(26)25-19(14-9-16-7-5-4-6-8-16)15-20(24-25)17-10-12-18(23)13-11-17/h4-15H,1-3H3/b14-9+. The van der Waals surface area contributed by atoms with Gasteiger partial charge in [0.15, 0.2) is 0 Å². The predicted octanol–water partition coefficient (Wildman–Crippen LogP) is 6.27. The molecule has 0 amide bonds. The Bertz CT molecular complexity index is 952. The first-order valence-corrected chi connectivity index (χ1v) is 9.44. The molecule has 4 nitrogen and oxygen atoms in total. The summed E-state index contributed by atoms with van der Waals surface area (Å²) in [5.41, 5.74) is 2.74. The van der Waals surface area contributed by atoms with Gasteiger partial charge in [-0.15, -0.1) is 0 Å². The summed E-state index contributed by atoms with van der Waals surface area (Å²) in [6, 6.07) is 19.6. The highest BCUT2D eigenvalue weighted by atomic mass is 79.9. The predicted molar refractivity (Wildman–Crippen MR) is 112 cm³/mol. The zero-order chi connectivity index (χ0) is 19.4. The van der Waals surface area contributed by atoms with E-state index in [1.165, 1.54) is 4.68 Å². The molecule has 2 aromatic carbocycles. The number of carbonyl (C=O) groups is 1. The Hall–Kier alpha value is -2.66. The van der Waals surface area contributed by atoms with E-state index in [4.69, 9.17) is 4.74 Å². The van der Waals surface area contributed by atoms with E-state index in [1.54, 1.807) is 0 Å². The Morgan fingerprint density at radius 2 is 1.70 bits per heavy atom. The molecule has 0 radical (unpaired) electrons. The molecule has 0 saturated heterocycles. The van der Waals surface area contributed by atoms with Gasteiger partial charge >= 0.3 is 6.09 Å². The molecule has 1 heterocycles. The molecule has 138 valence electrons. The van der Waals surface area contributed by atoms with E-state index in [1.807, 2.05) is 93.6 Å². The third kappa shape index (κ3) is 5.17. The van der Waals surface area contributed by atoms with Crippen LogP contribution in [-0.2, 0) is 4.74 Å². The lowest BCUT2D eigenvalue weighted by molar-refractivity contribution is 0.0514. The van der Waals surface area contributed by atoms with Crippen molar-refractivity contribution in [1.29, 1.82) is 0 Å². The fraction of sp³-hybridized carbons (Fsp3) is 0.182. The van der Waals surface area contributed by atoms with Crippen molar-refractivity contribution in [2.45, 2.75) is 26.4 Å². The van der Waals surface area contributed by atoms with Crippen LogP contribution >= 0.6 is 15.9 Å². The summed E-state index contributed by atoms with van der Waals surface area (Å²) < 4.78 is 7.80. The number of ether oxygens (including phenoxy) is 1. The van der Waals surface area contributed by atoms with E-state index in [9.17, 15) is 4.79 Å². The van der Waals surface area contributed by atoms with E-state index in [0.29, 0.717) is 11.4 Å². The summed E-state index contributed by atoms with van der Waals surface area (Å²) in [7, 11) is 0. The molecule has 0 saturated carbocycles. The highest BCUT2D eigenvalue weighted by Gasteiger charge is 2.21. The number of rotatable bonds is 3. The summed E-state index contributed by atoms with van der Waals surface area (Å²) >= 11 is 3.43. The topological polar surface area (TPSA) is 44.1 Å². The van der Waals surface area contributed by atoms with Crippen LogP contribution in [0, 0.1) is 0 Å². The largest absolute Gasteiger partial charge is 0.442 e. The van der Waals surface area contributed by atoms with Gasteiger partial charge in [0.05, 0.1) is 11.4 Å². The first kappa shape index (κ1) is 19.1. The Balaban J connectivity index is 1.99. The summed E-state index contributed by atoms with van der Waals surface area (Å²) in [6.45, 7) is 5.51. The molecule has 27 heavy (non-hydrogen) atoms. The van der Waals surface area contributed by atoms with E-state index in [-0.39, 0.29) is 0 Å². The first-order chi connectivity index (χ1) is 12.8. The first-order valence-electron chi connectivity index (χ1n) is 8.64. The maximum absolute atomic E-state index is 12.6. The maximum Gasteiger partial charge on any atom is 0.435 e. The average molecular weight is 425 g/mol. The summed E-state index contributed by atoms with van der Waals surface area (Å²) in [6.07, 6.45) is 3.32. The normalized spacial score (nSPS) is 11.7. The van der Waals surface area contributed by atoms with Gasteiger partial charge in [-0.1, -0.05) is 64.5 Å². The number of hydrogen-bond donors (Lipinski definition) is 0. The SMILES string of the molecule is CC(C)(C)OC(=O)n1nc(-c2ccc(Br)cc2)cc1/C=C/c1ccccc1. The van der Waals surface area contributed by atoms with Crippen LogP contribution in [0.15, 0.2) is 65.1 Å². The van der Waals surface area contributed by atoms with Crippen molar-refractivity contribution in [3.05, 3.63) is 76.4 Å². The second-order valence-corrected chi connectivity index (χ2v) is 8.01. The monoisotopic (exact) mass is 424 g/mol. The van der Waals surface area contributed by atoms with Crippen LogP contribution in [-0.4, -0.2) is 21.5 Å². The lowest BCUT2D eigenvalue weighted by atomic mass is 10.1. The van der Waals surface area contributed by atoms with E-state index >= 15 is 0 Å². The van der Waals surface area contributed by atoms with Crippen LogP contribution in [0.25, 0.3) is 23.4 Å². The van der Waals surface area contributed by atoms with Gasteiger partial charge in [0.2, 0.25) is 0 Å². The van der Waals surface area contributed by atoms with Crippen molar-refractivity contribution in [3.63, 3.8) is 0 Å². The second kappa shape index (κ2) is 7.92. The quantitative estimate of drug-likeness (QED) is 0.497. The van der Waals surface area contributed by atoms with Crippen LogP contribution in [0.2, 0.25) is 0 Å². The lowest BCUT2D eigenvalue weighted by Crippen LogP contribution is -2.28. The third-order valence-electron chi connectivity index (χ3n) is 3.69. The molecule has 0 unspecified atom stereocenters. The van der Waals surface area contributed by atoms with Gasteiger partial charge in [-0.05, 0) is 50.6 Å². The zero-order valence-corrected chi connectivity index (χ0v) is 17.1. The van der Waals surface area contributed by atoms with Crippen molar-refractivity contribution in [1.82, 2.24) is 9.78 Å². The van der Waals surface area contributed by atoms with Crippen LogP contribution in [0.4, 0.5) is 4.79 Å². The number of carbonyl (C=O) groups excluding carboxylic acids is 1. The fourth-order valence-corrected chi connectivity index (χ4v) is 2.74. The molecule has 0 aliphatic carbocycles. The van der Waals surface area contributed by atoms with Gasteiger partial charge in [-0.2, -0.15) is 9.78 Å². The Morgan fingerprint density at radius 1 is 1.04 bits per heavy atom. The molecule has 0 atom stereocenters. The minimum Gasteiger partial charge on any atom is -0.442 e. The molecule has 5 heteroatoms. The number of hydrogen-bond acceptors (Lipinski definition) is 3. The van der Waals surface area contributed by atoms with Crippen LogP contribution in [0.3, 0.4) is 0 Å². The Kier molecular flexibility index (Phi) is 5.61. The molecule has 0 aliphatic heterocycles. The molecular weight excluding hydrogens is 404 g/mol. The molecule has 1 aromatic heterocycles. The van der Waals surface area contributed by atoms with Crippen LogP contribution in [0.1, 0.15) is 32.0 Å². The van der Waals surface area contributed by atoms with Gasteiger partial charge < -0.3 is 4.74 Å². The molecule has 3 aromatic rings. The number of benzene rings is 2. The van der Waals surface area contributed by atoms with Crippen molar-refractivity contribution in [2.24, 2.45) is 0 Å². The van der Waals surface area contributed by atoms with Crippen molar-refractivity contribution >= 4 is 34.2 Å². The van der Waals surface area contributed by atoms with Crippen molar-refractivity contribution < 1.29 is 9.53 Å². The fourth-order valence-electron chi connectivity index (χ4n) is 2.47. The minimum absolute atomic E-state index is 0.501.